The van der Waals surface area contributed by atoms with Crippen LogP contribution < -0.4 is 16.2 Å². The minimum atomic E-state index is 0.486. The summed E-state index contributed by atoms with van der Waals surface area (Å²) in [5.41, 5.74) is 2.57. The molecule has 0 aliphatic heterocycles. The van der Waals surface area contributed by atoms with Gasteiger partial charge in [0.25, 0.3) is 0 Å². The van der Waals surface area contributed by atoms with E-state index in [9.17, 15) is 0 Å². The first-order valence-corrected chi connectivity index (χ1v) is 7.99. The number of hydrogen-bond acceptors (Lipinski definition) is 6. The van der Waals surface area contributed by atoms with Crippen LogP contribution in [0.1, 0.15) is 38.0 Å². The molecular formula is C14H23N5S. The molecule has 6 heteroatoms. The highest BCUT2D eigenvalue weighted by Gasteiger charge is 2.14. The van der Waals surface area contributed by atoms with E-state index < -0.39 is 0 Å². The predicted molar refractivity (Wildman–Crippen MR) is 87.4 cm³/mol. The molecule has 2 heterocycles. The summed E-state index contributed by atoms with van der Waals surface area (Å²) in [6.45, 7) is 5.37. The zero-order valence-electron chi connectivity index (χ0n) is 12.4. The number of nitrogens with zero attached hydrogens (tertiary/aromatic N) is 3. The quantitative estimate of drug-likeness (QED) is 0.466. The number of nitrogens with two attached hydrogens (primary N) is 1. The fourth-order valence-electron chi connectivity index (χ4n) is 2.19. The second kappa shape index (κ2) is 6.85. The number of thiophene rings is 1. The monoisotopic (exact) mass is 293 g/mol. The first-order valence-electron chi connectivity index (χ1n) is 7.17. The van der Waals surface area contributed by atoms with E-state index in [1.165, 1.54) is 24.1 Å². The average Bonchev–Trinajstić information content (AvgIpc) is 2.89. The van der Waals surface area contributed by atoms with Crippen LogP contribution in [0.4, 0.5) is 11.8 Å². The summed E-state index contributed by atoms with van der Waals surface area (Å²) in [5, 5.41) is 1.13. The molecule has 2 aromatic heterocycles. The number of aryl methyl sites for hydroxylation is 1. The topological polar surface area (TPSA) is 67.1 Å². The molecule has 0 aromatic carbocycles. The van der Waals surface area contributed by atoms with Crippen LogP contribution in [0, 0.1) is 0 Å². The molecule has 0 fully saturated rings. The Bertz CT molecular complexity index is 566. The molecule has 0 bridgehead atoms. The molecule has 2 rings (SSSR count). The fourth-order valence-corrected chi connectivity index (χ4v) is 3.15. The van der Waals surface area contributed by atoms with Gasteiger partial charge in [-0.05, 0) is 18.9 Å². The summed E-state index contributed by atoms with van der Waals surface area (Å²) in [6, 6.07) is 2.20. The summed E-state index contributed by atoms with van der Waals surface area (Å²) < 4.78 is 0. The molecule has 0 spiro atoms. The van der Waals surface area contributed by atoms with Gasteiger partial charge >= 0.3 is 0 Å². The average molecular weight is 293 g/mol. The van der Waals surface area contributed by atoms with Crippen molar-refractivity contribution in [2.45, 2.75) is 39.5 Å². The van der Waals surface area contributed by atoms with Gasteiger partial charge in [-0.15, -0.1) is 11.3 Å². The third kappa shape index (κ3) is 3.19. The highest BCUT2D eigenvalue weighted by Crippen LogP contribution is 2.31. The smallest absolute Gasteiger partial charge is 0.240 e. The van der Waals surface area contributed by atoms with Crippen molar-refractivity contribution >= 4 is 33.3 Å². The van der Waals surface area contributed by atoms with Crippen molar-refractivity contribution in [3.63, 3.8) is 0 Å². The Morgan fingerprint density at radius 1 is 1.30 bits per heavy atom. The molecule has 0 aliphatic rings. The van der Waals surface area contributed by atoms with Gasteiger partial charge < -0.3 is 4.90 Å². The Balaban J connectivity index is 2.35. The number of aromatic nitrogens is 2. The van der Waals surface area contributed by atoms with Crippen LogP contribution in [0.2, 0.25) is 0 Å². The van der Waals surface area contributed by atoms with E-state index >= 15 is 0 Å². The summed E-state index contributed by atoms with van der Waals surface area (Å²) in [5.74, 6) is 6.94. The number of nitrogen functional groups attached to an aromatic ring is 1. The number of nitrogens with one attached hydrogen (secondary N) is 1. The Labute approximate surface area is 124 Å². The molecule has 3 N–H and O–H groups in total. The Morgan fingerprint density at radius 3 is 2.75 bits per heavy atom. The van der Waals surface area contributed by atoms with E-state index in [4.69, 9.17) is 5.84 Å². The number of unbranched alkanes of at least 4 members (excludes halogenated alkanes) is 2. The molecule has 0 aliphatic carbocycles. The van der Waals surface area contributed by atoms with Gasteiger partial charge in [0.05, 0.1) is 5.39 Å². The number of fused-ring (bicyclic) bond motifs is 1. The van der Waals surface area contributed by atoms with Gasteiger partial charge in [-0.25, -0.2) is 10.8 Å². The Hall–Kier alpha value is -1.40. The van der Waals surface area contributed by atoms with Crippen molar-refractivity contribution in [2.24, 2.45) is 5.84 Å². The maximum absolute atomic E-state index is 5.48. The molecule has 0 unspecified atom stereocenters. The first kappa shape index (κ1) is 15.0. The van der Waals surface area contributed by atoms with Crippen molar-refractivity contribution in [3.8, 4) is 0 Å². The zero-order chi connectivity index (χ0) is 14.5. The lowest BCUT2D eigenvalue weighted by atomic mass is 10.2. The van der Waals surface area contributed by atoms with Gasteiger partial charge in [0.2, 0.25) is 5.95 Å². The van der Waals surface area contributed by atoms with Crippen molar-refractivity contribution < 1.29 is 0 Å². The van der Waals surface area contributed by atoms with Crippen molar-refractivity contribution in [1.29, 1.82) is 0 Å². The Kier molecular flexibility index (Phi) is 5.14. The number of hydrogen-bond donors (Lipinski definition) is 2. The van der Waals surface area contributed by atoms with E-state index in [-0.39, 0.29) is 0 Å². The number of hydrazine groups is 1. The summed E-state index contributed by atoms with van der Waals surface area (Å²) >= 11 is 1.71. The van der Waals surface area contributed by atoms with E-state index in [1.54, 1.807) is 11.3 Å². The van der Waals surface area contributed by atoms with E-state index in [2.05, 4.69) is 47.3 Å². The van der Waals surface area contributed by atoms with E-state index in [1.807, 2.05) is 0 Å². The maximum atomic E-state index is 5.48. The molecule has 110 valence electrons. The largest absolute Gasteiger partial charge is 0.359 e. The predicted octanol–water partition coefficient (Wildman–Crippen LogP) is 3.17. The molecule has 0 saturated heterocycles. The first-order chi connectivity index (χ1) is 9.69. The minimum absolute atomic E-state index is 0.486. The standard InChI is InChI=1S/C14H23N5S/c1-4-6-7-8-19(3)12-11-9-10(5-2)20-13(11)17-14(16-12)18-15/h9H,4-8,15H2,1-3H3,(H,16,17,18). The molecule has 5 nitrogen and oxygen atoms in total. The SMILES string of the molecule is CCCCCN(C)c1nc(NN)nc2sc(CC)cc12. The van der Waals surface area contributed by atoms with Gasteiger partial charge in [0, 0.05) is 18.5 Å². The van der Waals surface area contributed by atoms with Gasteiger partial charge in [-0.3, -0.25) is 5.43 Å². The number of anilines is 2. The minimum Gasteiger partial charge on any atom is -0.359 e. The van der Waals surface area contributed by atoms with Crippen molar-refractivity contribution in [3.05, 3.63) is 10.9 Å². The van der Waals surface area contributed by atoms with Crippen LogP contribution in [0.25, 0.3) is 10.2 Å². The number of rotatable bonds is 7. The molecule has 0 saturated carbocycles. The molecule has 0 amide bonds. The molecule has 2 aromatic rings. The van der Waals surface area contributed by atoms with Crippen molar-refractivity contribution in [1.82, 2.24) is 9.97 Å². The highest BCUT2D eigenvalue weighted by molar-refractivity contribution is 7.18. The van der Waals surface area contributed by atoms with E-state index in [0.717, 1.165) is 29.0 Å². The van der Waals surface area contributed by atoms with Crippen LogP contribution in [0.5, 0.6) is 0 Å². The van der Waals surface area contributed by atoms with Gasteiger partial charge in [-0.2, -0.15) is 4.98 Å². The van der Waals surface area contributed by atoms with Gasteiger partial charge in [0.1, 0.15) is 10.6 Å². The summed E-state index contributed by atoms with van der Waals surface area (Å²) in [7, 11) is 2.08. The van der Waals surface area contributed by atoms with Crippen LogP contribution in [-0.4, -0.2) is 23.6 Å². The lowest BCUT2D eigenvalue weighted by Gasteiger charge is -2.19. The molecule has 0 radical (unpaired) electrons. The van der Waals surface area contributed by atoms with Crippen LogP contribution >= 0.6 is 11.3 Å². The Morgan fingerprint density at radius 2 is 2.10 bits per heavy atom. The van der Waals surface area contributed by atoms with E-state index in [0.29, 0.717) is 5.95 Å². The third-order valence-electron chi connectivity index (χ3n) is 3.36. The van der Waals surface area contributed by atoms with Crippen molar-refractivity contribution in [2.75, 3.05) is 23.9 Å². The second-order valence-electron chi connectivity index (χ2n) is 4.93. The fraction of sp³-hybridized carbons (Fsp3) is 0.571. The summed E-state index contributed by atoms with van der Waals surface area (Å²) in [6.07, 6.45) is 4.66. The highest BCUT2D eigenvalue weighted by atomic mass is 32.1. The molecule has 0 atom stereocenters. The summed E-state index contributed by atoms with van der Waals surface area (Å²) in [4.78, 5) is 13.5. The maximum Gasteiger partial charge on any atom is 0.240 e. The molecule has 20 heavy (non-hydrogen) atoms. The lowest BCUT2D eigenvalue weighted by Crippen LogP contribution is -2.21. The van der Waals surface area contributed by atoms with Gasteiger partial charge in [-0.1, -0.05) is 26.7 Å². The van der Waals surface area contributed by atoms with Crippen LogP contribution in [0.15, 0.2) is 6.07 Å². The second-order valence-corrected chi connectivity index (χ2v) is 6.04. The van der Waals surface area contributed by atoms with Gasteiger partial charge in [0.15, 0.2) is 0 Å². The van der Waals surface area contributed by atoms with Crippen LogP contribution in [-0.2, 0) is 6.42 Å². The zero-order valence-corrected chi connectivity index (χ0v) is 13.3. The van der Waals surface area contributed by atoms with Crippen LogP contribution in [0.3, 0.4) is 0 Å². The molecular weight excluding hydrogens is 270 g/mol. The third-order valence-corrected chi connectivity index (χ3v) is 4.53. The lowest BCUT2D eigenvalue weighted by molar-refractivity contribution is 0.702. The normalized spacial score (nSPS) is 11.0.